The van der Waals surface area contributed by atoms with Crippen LogP contribution in [0, 0.1) is 0 Å². The van der Waals surface area contributed by atoms with Gasteiger partial charge in [0.05, 0.1) is 17.8 Å². The van der Waals surface area contributed by atoms with Crippen molar-refractivity contribution in [1.82, 2.24) is 5.32 Å². The van der Waals surface area contributed by atoms with Crippen LogP contribution in [0.4, 0.5) is 0 Å². The van der Waals surface area contributed by atoms with Gasteiger partial charge in [0.2, 0.25) is 5.91 Å². The molecule has 0 unspecified atom stereocenters. The second kappa shape index (κ2) is 2.02. The lowest BCUT2D eigenvalue weighted by Crippen LogP contribution is -2.14. The van der Waals surface area contributed by atoms with E-state index in [9.17, 15) is 9.59 Å². The quantitative estimate of drug-likeness (QED) is 0.502. The van der Waals surface area contributed by atoms with Gasteiger partial charge in [0.25, 0.3) is 5.91 Å². The van der Waals surface area contributed by atoms with E-state index < -0.39 is 0 Å². The molecule has 0 aromatic heterocycles. The maximum Gasteiger partial charge on any atom is 0.253 e. The van der Waals surface area contributed by atoms with Crippen LogP contribution >= 0.6 is 0 Å². The van der Waals surface area contributed by atoms with Crippen LogP contribution in [0.5, 0.6) is 0 Å². The first-order valence-corrected chi connectivity index (χ1v) is 3.36. The van der Waals surface area contributed by atoms with Gasteiger partial charge in [-0.3, -0.25) is 9.59 Å². The first-order valence-electron chi connectivity index (χ1n) is 3.36. The molecule has 0 aliphatic carbocycles. The molecule has 56 valence electrons. The molecule has 0 bridgehead atoms. The Morgan fingerprint density at radius 1 is 1.45 bits per heavy atom. The SMILES string of the molecule is O=C1CC=C2C(=O)NCC2=N1. The molecule has 4 nitrogen and oxygen atoms in total. The molecule has 2 aliphatic rings. The van der Waals surface area contributed by atoms with Crippen molar-refractivity contribution in [2.75, 3.05) is 6.54 Å². The van der Waals surface area contributed by atoms with Crippen LogP contribution in [0.1, 0.15) is 6.42 Å². The molecule has 2 heterocycles. The third kappa shape index (κ3) is 0.869. The van der Waals surface area contributed by atoms with Gasteiger partial charge in [-0.15, -0.1) is 0 Å². The standard InChI is InChI=1S/C7H6N2O2/c10-6-2-1-4-5(9-6)3-8-7(4)11/h1H,2-3H2,(H,8,11). The van der Waals surface area contributed by atoms with E-state index in [1.807, 2.05) is 0 Å². The Balaban J connectivity index is 2.42. The third-order valence-electron chi connectivity index (χ3n) is 1.71. The molecule has 4 heteroatoms. The van der Waals surface area contributed by atoms with Crippen LogP contribution in [-0.2, 0) is 9.59 Å². The number of carbonyl (C=O) groups is 2. The highest BCUT2D eigenvalue weighted by atomic mass is 16.2. The first kappa shape index (κ1) is 6.27. The molecule has 11 heavy (non-hydrogen) atoms. The fourth-order valence-corrected chi connectivity index (χ4v) is 1.18. The van der Waals surface area contributed by atoms with Crippen molar-refractivity contribution < 1.29 is 9.59 Å². The van der Waals surface area contributed by atoms with Gasteiger partial charge in [0.15, 0.2) is 0 Å². The molecule has 1 N–H and O–H groups in total. The maximum atomic E-state index is 10.9. The van der Waals surface area contributed by atoms with Gasteiger partial charge in [0, 0.05) is 6.42 Å². The summed E-state index contributed by atoms with van der Waals surface area (Å²) in [5.74, 6) is -0.281. The fraction of sp³-hybridized carbons (Fsp3) is 0.286. The molecule has 0 saturated carbocycles. The van der Waals surface area contributed by atoms with Crippen molar-refractivity contribution in [3.63, 3.8) is 0 Å². The lowest BCUT2D eigenvalue weighted by molar-refractivity contribution is -0.117. The number of carbonyl (C=O) groups excluding carboxylic acids is 2. The van der Waals surface area contributed by atoms with E-state index in [0.29, 0.717) is 17.8 Å². The zero-order valence-corrected chi connectivity index (χ0v) is 5.76. The minimum atomic E-state index is -0.166. The molecular formula is C7H6N2O2. The van der Waals surface area contributed by atoms with Gasteiger partial charge >= 0.3 is 0 Å². The van der Waals surface area contributed by atoms with Crippen LogP contribution in [-0.4, -0.2) is 24.1 Å². The Bertz CT molecular complexity index is 302. The fourth-order valence-electron chi connectivity index (χ4n) is 1.18. The van der Waals surface area contributed by atoms with E-state index in [0.717, 1.165) is 0 Å². The van der Waals surface area contributed by atoms with Crippen molar-refractivity contribution in [2.45, 2.75) is 6.42 Å². The van der Waals surface area contributed by atoms with E-state index in [4.69, 9.17) is 0 Å². The second-order valence-electron chi connectivity index (χ2n) is 2.46. The van der Waals surface area contributed by atoms with Crippen molar-refractivity contribution in [3.05, 3.63) is 11.6 Å². The summed E-state index contributed by atoms with van der Waals surface area (Å²) in [7, 11) is 0. The van der Waals surface area contributed by atoms with Crippen LogP contribution in [0.2, 0.25) is 0 Å². The van der Waals surface area contributed by atoms with E-state index in [1.165, 1.54) is 0 Å². The van der Waals surface area contributed by atoms with Gasteiger partial charge in [0.1, 0.15) is 0 Å². The third-order valence-corrected chi connectivity index (χ3v) is 1.71. The van der Waals surface area contributed by atoms with Gasteiger partial charge in [-0.2, -0.15) is 0 Å². The summed E-state index contributed by atoms with van der Waals surface area (Å²) in [6, 6.07) is 0. The van der Waals surface area contributed by atoms with Crippen LogP contribution < -0.4 is 5.32 Å². The van der Waals surface area contributed by atoms with Gasteiger partial charge in [-0.05, 0) is 0 Å². The Labute approximate surface area is 63.0 Å². The summed E-state index contributed by atoms with van der Waals surface area (Å²) < 4.78 is 0. The molecule has 0 atom stereocenters. The Hall–Kier alpha value is -1.45. The number of amides is 2. The van der Waals surface area contributed by atoms with Crippen LogP contribution in [0.15, 0.2) is 16.6 Å². The Morgan fingerprint density at radius 2 is 2.27 bits per heavy atom. The smallest absolute Gasteiger partial charge is 0.253 e. The van der Waals surface area contributed by atoms with E-state index >= 15 is 0 Å². The Kier molecular flexibility index (Phi) is 1.15. The number of hydrogen-bond acceptors (Lipinski definition) is 2. The molecule has 2 amide bonds. The second-order valence-corrected chi connectivity index (χ2v) is 2.46. The summed E-state index contributed by atoms with van der Waals surface area (Å²) in [5.41, 5.74) is 1.16. The number of hydrogen-bond donors (Lipinski definition) is 1. The first-order chi connectivity index (χ1) is 5.27. The Morgan fingerprint density at radius 3 is 3.09 bits per heavy atom. The van der Waals surface area contributed by atoms with Gasteiger partial charge in [-0.1, -0.05) is 6.08 Å². The van der Waals surface area contributed by atoms with Crippen molar-refractivity contribution in [3.8, 4) is 0 Å². The summed E-state index contributed by atoms with van der Waals surface area (Å²) in [4.78, 5) is 25.4. The lowest BCUT2D eigenvalue weighted by Gasteiger charge is -2.00. The van der Waals surface area contributed by atoms with E-state index in [1.54, 1.807) is 6.08 Å². The van der Waals surface area contributed by atoms with Crippen molar-refractivity contribution in [1.29, 1.82) is 0 Å². The minimum absolute atomic E-state index is 0.115. The molecule has 2 aliphatic heterocycles. The molecular weight excluding hydrogens is 144 g/mol. The summed E-state index contributed by atoms with van der Waals surface area (Å²) in [5, 5.41) is 2.59. The van der Waals surface area contributed by atoms with Gasteiger partial charge in [-0.25, -0.2) is 4.99 Å². The average molecular weight is 150 g/mol. The molecule has 0 radical (unpaired) electrons. The topological polar surface area (TPSA) is 58.5 Å². The molecule has 0 spiro atoms. The van der Waals surface area contributed by atoms with E-state index in [-0.39, 0.29) is 18.2 Å². The average Bonchev–Trinajstić information content (AvgIpc) is 2.32. The normalized spacial score (nSPS) is 22.2. The number of fused-ring (bicyclic) bond motifs is 1. The zero-order valence-electron chi connectivity index (χ0n) is 5.76. The number of aliphatic imine (C=N–C) groups is 1. The monoisotopic (exact) mass is 150 g/mol. The van der Waals surface area contributed by atoms with Crippen LogP contribution in [0.25, 0.3) is 0 Å². The number of nitrogens with zero attached hydrogens (tertiary/aromatic N) is 1. The predicted octanol–water partition coefficient (Wildman–Crippen LogP) is -0.586. The molecule has 1 saturated heterocycles. The highest BCUT2D eigenvalue weighted by Crippen LogP contribution is 2.12. The highest BCUT2D eigenvalue weighted by Gasteiger charge is 2.26. The predicted molar refractivity (Wildman–Crippen MR) is 38.2 cm³/mol. The number of nitrogens with one attached hydrogen (secondary N) is 1. The van der Waals surface area contributed by atoms with Crippen molar-refractivity contribution in [2.24, 2.45) is 4.99 Å². The highest BCUT2D eigenvalue weighted by molar-refractivity contribution is 6.30. The summed E-state index contributed by atoms with van der Waals surface area (Å²) >= 11 is 0. The van der Waals surface area contributed by atoms with E-state index in [2.05, 4.69) is 10.3 Å². The molecule has 1 fully saturated rings. The van der Waals surface area contributed by atoms with Gasteiger partial charge < -0.3 is 5.32 Å². The molecule has 0 aromatic carbocycles. The zero-order chi connectivity index (χ0) is 7.84. The number of dihydropyridines is 1. The number of rotatable bonds is 0. The molecule has 2 rings (SSSR count). The largest absolute Gasteiger partial charge is 0.346 e. The van der Waals surface area contributed by atoms with Crippen LogP contribution in [0.3, 0.4) is 0 Å². The van der Waals surface area contributed by atoms with Crippen molar-refractivity contribution >= 4 is 17.5 Å². The maximum absolute atomic E-state index is 10.9. The summed E-state index contributed by atoms with van der Waals surface area (Å²) in [6.07, 6.45) is 1.89. The molecule has 0 aromatic rings. The lowest BCUT2D eigenvalue weighted by atomic mass is 10.1. The summed E-state index contributed by atoms with van der Waals surface area (Å²) in [6.45, 7) is 0.399. The minimum Gasteiger partial charge on any atom is -0.346 e.